The number of carbonyl (C=O) groups is 4. The van der Waals surface area contributed by atoms with Gasteiger partial charge in [-0.3, -0.25) is 9.59 Å². The molecular formula is C28H26ClN3O7S. The van der Waals surface area contributed by atoms with Gasteiger partial charge in [0.2, 0.25) is 0 Å². The zero-order chi connectivity index (χ0) is 28.8. The number of aryl methyl sites for hydroxylation is 1. The van der Waals surface area contributed by atoms with E-state index in [-0.39, 0.29) is 22.1 Å². The maximum Gasteiger partial charge on any atom is 0.343 e. The number of halogens is 1. The molecule has 0 saturated carbocycles. The topological polar surface area (TPSA) is 132 Å². The molecule has 3 aromatic rings. The number of anilines is 1. The van der Waals surface area contributed by atoms with Crippen LogP contribution in [0.5, 0.6) is 11.5 Å². The SMILES string of the molecule is COC(=O)c1c(NC(=O)C(=O)N/N=C(\C)c2ccc(OC(=O)c3cccc(Cl)c3)c(OC)c2)sc2c1CCCC2. The van der Waals surface area contributed by atoms with Gasteiger partial charge in [-0.05, 0) is 74.6 Å². The van der Waals surface area contributed by atoms with Crippen LogP contribution in [0, 0.1) is 0 Å². The molecule has 40 heavy (non-hydrogen) atoms. The summed E-state index contributed by atoms with van der Waals surface area (Å²) in [6, 6.07) is 11.1. The van der Waals surface area contributed by atoms with Crippen LogP contribution in [0.3, 0.4) is 0 Å². The largest absolute Gasteiger partial charge is 0.493 e. The van der Waals surface area contributed by atoms with Gasteiger partial charge in [-0.2, -0.15) is 5.10 Å². The van der Waals surface area contributed by atoms with Crippen molar-refractivity contribution in [3.8, 4) is 11.5 Å². The Morgan fingerprint density at radius 2 is 1.70 bits per heavy atom. The number of carbonyl (C=O) groups excluding carboxylic acids is 4. The fourth-order valence-electron chi connectivity index (χ4n) is 4.13. The van der Waals surface area contributed by atoms with E-state index in [0.717, 1.165) is 29.7 Å². The third-order valence-electron chi connectivity index (χ3n) is 6.16. The number of ether oxygens (including phenoxy) is 3. The predicted molar refractivity (Wildman–Crippen MR) is 151 cm³/mol. The lowest BCUT2D eigenvalue weighted by Gasteiger charge is -2.12. The fraction of sp³-hybridized carbons (Fsp3) is 0.250. The van der Waals surface area contributed by atoms with Crippen LogP contribution in [0.1, 0.15) is 56.5 Å². The first-order valence-electron chi connectivity index (χ1n) is 12.3. The van der Waals surface area contributed by atoms with Gasteiger partial charge in [-0.15, -0.1) is 11.3 Å². The average molecular weight is 584 g/mol. The zero-order valence-electron chi connectivity index (χ0n) is 22.0. The maximum absolute atomic E-state index is 12.6. The van der Waals surface area contributed by atoms with E-state index in [1.807, 2.05) is 0 Å². The summed E-state index contributed by atoms with van der Waals surface area (Å²) < 4.78 is 15.7. The number of thiophene rings is 1. The van der Waals surface area contributed by atoms with Crippen LogP contribution in [0.15, 0.2) is 47.6 Å². The smallest absolute Gasteiger partial charge is 0.343 e. The number of rotatable bonds is 7. The molecule has 1 heterocycles. The number of hydrazone groups is 1. The highest BCUT2D eigenvalue weighted by molar-refractivity contribution is 7.17. The van der Waals surface area contributed by atoms with Crippen molar-refractivity contribution in [1.82, 2.24) is 5.43 Å². The molecule has 0 aliphatic heterocycles. The van der Waals surface area contributed by atoms with Gasteiger partial charge in [0.15, 0.2) is 11.5 Å². The molecule has 1 aliphatic carbocycles. The molecule has 1 aliphatic rings. The summed E-state index contributed by atoms with van der Waals surface area (Å²) in [7, 11) is 2.69. The Bertz CT molecular complexity index is 1520. The Balaban J connectivity index is 1.43. The van der Waals surface area contributed by atoms with Gasteiger partial charge < -0.3 is 19.5 Å². The molecule has 12 heteroatoms. The lowest BCUT2D eigenvalue weighted by atomic mass is 9.95. The second-order valence-corrected chi connectivity index (χ2v) is 10.3. The van der Waals surface area contributed by atoms with Crippen LogP contribution in [-0.4, -0.2) is 43.7 Å². The Morgan fingerprint density at radius 3 is 2.42 bits per heavy atom. The van der Waals surface area contributed by atoms with E-state index < -0.39 is 23.8 Å². The summed E-state index contributed by atoms with van der Waals surface area (Å²) in [5, 5.41) is 7.22. The predicted octanol–water partition coefficient (Wildman–Crippen LogP) is 4.77. The summed E-state index contributed by atoms with van der Waals surface area (Å²) in [4.78, 5) is 51.0. The Hall–Kier alpha value is -4.22. The molecule has 0 atom stereocenters. The minimum atomic E-state index is -1.01. The van der Waals surface area contributed by atoms with E-state index in [0.29, 0.717) is 28.3 Å². The second kappa shape index (κ2) is 12.8. The number of hydrogen-bond donors (Lipinski definition) is 2. The van der Waals surface area contributed by atoms with Crippen LogP contribution >= 0.6 is 22.9 Å². The number of nitrogens with zero attached hydrogens (tertiary/aromatic N) is 1. The van der Waals surface area contributed by atoms with E-state index in [1.54, 1.807) is 37.3 Å². The van der Waals surface area contributed by atoms with Crippen molar-refractivity contribution < 1.29 is 33.4 Å². The third-order valence-corrected chi connectivity index (χ3v) is 7.61. The van der Waals surface area contributed by atoms with Crippen molar-refractivity contribution in [3.05, 3.63) is 74.6 Å². The number of nitrogens with one attached hydrogen (secondary N) is 2. The highest BCUT2D eigenvalue weighted by atomic mass is 35.5. The number of amides is 2. The molecule has 2 aromatic carbocycles. The molecule has 2 N–H and O–H groups in total. The van der Waals surface area contributed by atoms with E-state index in [9.17, 15) is 19.2 Å². The second-order valence-electron chi connectivity index (χ2n) is 8.76. The van der Waals surface area contributed by atoms with Gasteiger partial charge in [0.05, 0.1) is 31.1 Å². The average Bonchev–Trinajstić information content (AvgIpc) is 3.33. The lowest BCUT2D eigenvalue weighted by molar-refractivity contribution is -0.136. The monoisotopic (exact) mass is 583 g/mol. The number of fused-ring (bicyclic) bond motifs is 1. The van der Waals surface area contributed by atoms with E-state index in [1.165, 1.54) is 37.7 Å². The van der Waals surface area contributed by atoms with Gasteiger partial charge >= 0.3 is 23.8 Å². The normalized spacial score (nSPS) is 12.7. The van der Waals surface area contributed by atoms with Crippen LogP contribution in [0.25, 0.3) is 0 Å². The molecule has 0 radical (unpaired) electrons. The number of methoxy groups -OCH3 is 2. The summed E-state index contributed by atoms with van der Waals surface area (Å²) in [5.74, 6) is -2.73. The molecule has 0 fully saturated rings. The minimum absolute atomic E-state index is 0.174. The van der Waals surface area contributed by atoms with E-state index >= 15 is 0 Å². The first kappa shape index (κ1) is 28.8. The number of hydrogen-bond acceptors (Lipinski definition) is 9. The number of esters is 2. The molecule has 0 bridgehead atoms. The molecule has 0 unspecified atom stereocenters. The third kappa shape index (κ3) is 6.49. The molecule has 208 valence electrons. The van der Waals surface area contributed by atoms with Crippen molar-refractivity contribution in [1.29, 1.82) is 0 Å². The van der Waals surface area contributed by atoms with E-state index in [2.05, 4.69) is 15.8 Å². The van der Waals surface area contributed by atoms with Crippen LogP contribution < -0.4 is 20.2 Å². The van der Waals surface area contributed by atoms with Crippen LogP contribution in [0.4, 0.5) is 5.00 Å². The maximum atomic E-state index is 12.6. The van der Waals surface area contributed by atoms with Crippen LogP contribution in [-0.2, 0) is 27.2 Å². The molecule has 4 rings (SSSR count). The first-order valence-corrected chi connectivity index (χ1v) is 13.5. The van der Waals surface area contributed by atoms with Crippen molar-refractivity contribution >= 4 is 57.4 Å². The summed E-state index contributed by atoms with van der Waals surface area (Å²) in [5.41, 5.74) is 4.56. The zero-order valence-corrected chi connectivity index (χ0v) is 23.5. The molecule has 1 aromatic heterocycles. The number of benzene rings is 2. The highest BCUT2D eigenvalue weighted by Crippen LogP contribution is 2.38. The first-order chi connectivity index (χ1) is 19.2. The van der Waals surface area contributed by atoms with Crippen LogP contribution in [0.2, 0.25) is 5.02 Å². The lowest BCUT2D eigenvalue weighted by Crippen LogP contribution is -2.33. The Morgan fingerprint density at radius 1 is 0.925 bits per heavy atom. The van der Waals surface area contributed by atoms with Gasteiger partial charge in [0.25, 0.3) is 0 Å². The molecule has 0 saturated heterocycles. The van der Waals surface area contributed by atoms with Crippen molar-refractivity contribution in [2.45, 2.75) is 32.6 Å². The quantitative estimate of drug-likeness (QED) is 0.135. The summed E-state index contributed by atoms with van der Waals surface area (Å²) >= 11 is 7.22. The molecule has 2 amide bonds. The molecular weight excluding hydrogens is 558 g/mol. The minimum Gasteiger partial charge on any atom is -0.493 e. The highest BCUT2D eigenvalue weighted by Gasteiger charge is 2.28. The Labute approximate surface area is 239 Å². The van der Waals surface area contributed by atoms with Crippen molar-refractivity contribution in [3.63, 3.8) is 0 Å². The van der Waals surface area contributed by atoms with Gasteiger partial charge in [0, 0.05) is 15.5 Å². The van der Waals surface area contributed by atoms with Crippen molar-refractivity contribution in [2.24, 2.45) is 5.10 Å². The van der Waals surface area contributed by atoms with Crippen molar-refractivity contribution in [2.75, 3.05) is 19.5 Å². The Kier molecular flexibility index (Phi) is 9.18. The fourth-order valence-corrected chi connectivity index (χ4v) is 5.60. The van der Waals surface area contributed by atoms with Gasteiger partial charge in [0.1, 0.15) is 5.00 Å². The standard InChI is InChI=1S/C28H26ClN3O7S/c1-15(16-11-12-20(21(14-16)37-2)39-27(35)17-7-6-8-18(29)13-17)31-32-25(34)24(33)30-26-23(28(36)38-3)19-9-4-5-10-22(19)40-26/h6-8,11-14H,4-5,9-10H2,1-3H3,(H,30,33)(H,32,34)/b31-15+. The summed E-state index contributed by atoms with van der Waals surface area (Å²) in [6.45, 7) is 1.62. The van der Waals surface area contributed by atoms with Gasteiger partial charge in [-0.25, -0.2) is 15.0 Å². The molecule has 10 nitrogen and oxygen atoms in total. The van der Waals surface area contributed by atoms with Gasteiger partial charge in [-0.1, -0.05) is 17.7 Å². The summed E-state index contributed by atoms with van der Waals surface area (Å²) in [6.07, 6.45) is 3.44. The van der Waals surface area contributed by atoms with E-state index in [4.69, 9.17) is 25.8 Å². The molecule has 0 spiro atoms.